The lowest BCUT2D eigenvalue weighted by Gasteiger charge is -2.41. The van der Waals surface area contributed by atoms with Gasteiger partial charge < -0.3 is 24.1 Å². The van der Waals surface area contributed by atoms with Gasteiger partial charge in [0.15, 0.2) is 0 Å². The van der Waals surface area contributed by atoms with Crippen LogP contribution in [0.2, 0.25) is 0 Å². The Morgan fingerprint density at radius 3 is 2.58 bits per heavy atom. The van der Waals surface area contributed by atoms with Gasteiger partial charge in [-0.25, -0.2) is 14.8 Å². The van der Waals surface area contributed by atoms with E-state index >= 15 is 0 Å². The Bertz CT molecular complexity index is 1370. The molecule has 1 aromatic carbocycles. The minimum Gasteiger partial charge on any atom is -0.463 e. The number of hydrogen-bond acceptors (Lipinski definition) is 7. The Kier molecular flexibility index (Phi) is 11.3. The Morgan fingerprint density at radius 2 is 1.84 bits per heavy atom. The molecular weight excluding hydrogens is 562 g/mol. The highest BCUT2D eigenvalue weighted by Crippen LogP contribution is 2.40. The maximum Gasteiger partial charge on any atom is 0.330 e. The summed E-state index contributed by atoms with van der Waals surface area (Å²) in [6, 6.07) is 8.28. The highest BCUT2D eigenvalue weighted by Gasteiger charge is 2.40. The van der Waals surface area contributed by atoms with Gasteiger partial charge in [-0.3, -0.25) is 4.90 Å². The van der Waals surface area contributed by atoms with E-state index < -0.39 is 0 Å². The highest BCUT2D eigenvalue weighted by atomic mass is 16.5. The largest absolute Gasteiger partial charge is 0.463 e. The second-order valence-electron chi connectivity index (χ2n) is 14.3. The Morgan fingerprint density at radius 1 is 1.04 bits per heavy atom. The second-order valence-corrected chi connectivity index (χ2v) is 14.3. The number of rotatable bonds is 14. The SMILES string of the molecule is CCOC(=O)C=Cc1cccc(CN(Cc2ncc[nH]2)Cc2nccn2CCCN2CCC3(CCN(CC(C)(C)C)CC3)C2)c1. The number of esters is 1. The number of ether oxygens (including phenoxy) is 1. The summed E-state index contributed by atoms with van der Waals surface area (Å²) in [5.41, 5.74) is 3.05. The van der Waals surface area contributed by atoms with Crippen molar-refractivity contribution in [2.75, 3.05) is 45.9 Å². The molecule has 2 aromatic heterocycles. The van der Waals surface area contributed by atoms with Crippen molar-refractivity contribution in [3.63, 3.8) is 0 Å². The molecule has 0 amide bonds. The molecule has 1 spiro atoms. The maximum atomic E-state index is 11.8. The summed E-state index contributed by atoms with van der Waals surface area (Å²) in [5.74, 6) is 1.68. The molecule has 0 unspecified atom stereocenters. The predicted molar refractivity (Wildman–Crippen MR) is 179 cm³/mol. The average molecular weight is 616 g/mol. The van der Waals surface area contributed by atoms with Crippen molar-refractivity contribution >= 4 is 12.0 Å². The first-order valence-corrected chi connectivity index (χ1v) is 16.8. The van der Waals surface area contributed by atoms with Gasteiger partial charge in [-0.15, -0.1) is 0 Å². The predicted octanol–water partition coefficient (Wildman–Crippen LogP) is 5.61. The molecule has 244 valence electrons. The fraction of sp³-hybridized carbons (Fsp3) is 0.583. The summed E-state index contributed by atoms with van der Waals surface area (Å²) >= 11 is 0. The van der Waals surface area contributed by atoms with E-state index in [-0.39, 0.29) is 5.97 Å². The normalized spacial score (nSPS) is 17.6. The van der Waals surface area contributed by atoms with Crippen LogP contribution >= 0.6 is 0 Å². The van der Waals surface area contributed by atoms with Gasteiger partial charge in [0.2, 0.25) is 0 Å². The zero-order valence-electron chi connectivity index (χ0n) is 27.9. The second kappa shape index (κ2) is 15.3. The molecule has 0 saturated carbocycles. The maximum absolute atomic E-state index is 11.8. The van der Waals surface area contributed by atoms with Gasteiger partial charge in [0.1, 0.15) is 11.6 Å². The van der Waals surface area contributed by atoms with Gasteiger partial charge in [-0.1, -0.05) is 45.0 Å². The number of H-pyrrole nitrogens is 1. The number of benzene rings is 1. The van der Waals surface area contributed by atoms with Crippen molar-refractivity contribution in [3.8, 4) is 0 Å². The molecular formula is C36H53N7O2. The number of carbonyl (C=O) groups is 1. The van der Waals surface area contributed by atoms with E-state index in [9.17, 15) is 4.79 Å². The fourth-order valence-corrected chi connectivity index (χ4v) is 7.01. The van der Waals surface area contributed by atoms with Crippen LogP contribution in [0.25, 0.3) is 6.08 Å². The van der Waals surface area contributed by atoms with E-state index in [0.29, 0.717) is 30.5 Å². The number of aromatic nitrogens is 4. The molecule has 4 heterocycles. The first-order valence-electron chi connectivity index (χ1n) is 16.8. The minimum atomic E-state index is -0.324. The van der Waals surface area contributed by atoms with Gasteiger partial charge in [-0.2, -0.15) is 0 Å². The number of nitrogens with one attached hydrogen (secondary N) is 1. The highest BCUT2D eigenvalue weighted by molar-refractivity contribution is 5.87. The van der Waals surface area contributed by atoms with Crippen molar-refractivity contribution in [2.45, 2.75) is 79.6 Å². The molecule has 0 atom stereocenters. The zero-order chi connectivity index (χ0) is 31.7. The first-order chi connectivity index (χ1) is 21.7. The number of piperidine rings is 1. The van der Waals surface area contributed by atoms with Gasteiger partial charge in [0.25, 0.3) is 0 Å². The number of carbonyl (C=O) groups excluding carboxylic acids is 1. The number of hydrogen-bond donors (Lipinski definition) is 1. The van der Waals surface area contributed by atoms with Gasteiger partial charge in [-0.05, 0) is 86.8 Å². The topological polar surface area (TPSA) is 82.5 Å². The lowest BCUT2D eigenvalue weighted by Crippen LogP contribution is -2.44. The van der Waals surface area contributed by atoms with E-state index in [1.807, 2.05) is 37.5 Å². The van der Waals surface area contributed by atoms with Gasteiger partial charge in [0.05, 0.1) is 19.7 Å². The molecule has 1 N–H and O–H groups in total. The van der Waals surface area contributed by atoms with Crippen molar-refractivity contribution in [1.29, 1.82) is 0 Å². The van der Waals surface area contributed by atoms with Gasteiger partial charge >= 0.3 is 5.97 Å². The van der Waals surface area contributed by atoms with E-state index in [1.54, 1.807) is 6.20 Å². The van der Waals surface area contributed by atoms with Crippen LogP contribution in [-0.2, 0) is 35.7 Å². The van der Waals surface area contributed by atoms with Gasteiger partial charge in [0, 0.05) is 57.0 Å². The monoisotopic (exact) mass is 615 g/mol. The van der Waals surface area contributed by atoms with Crippen LogP contribution in [-0.4, -0.2) is 86.1 Å². The van der Waals surface area contributed by atoms with Crippen molar-refractivity contribution in [3.05, 3.63) is 77.9 Å². The van der Waals surface area contributed by atoms with Crippen LogP contribution in [0.5, 0.6) is 0 Å². The molecule has 0 bridgehead atoms. The number of nitrogens with zero attached hydrogens (tertiary/aromatic N) is 6. The molecule has 0 radical (unpaired) electrons. The molecule has 2 aliphatic heterocycles. The third-order valence-corrected chi connectivity index (χ3v) is 9.16. The zero-order valence-corrected chi connectivity index (χ0v) is 27.9. The smallest absolute Gasteiger partial charge is 0.330 e. The summed E-state index contributed by atoms with van der Waals surface area (Å²) < 4.78 is 7.35. The lowest BCUT2D eigenvalue weighted by atomic mass is 9.77. The number of imidazole rings is 2. The van der Waals surface area contributed by atoms with E-state index in [4.69, 9.17) is 9.72 Å². The molecule has 45 heavy (non-hydrogen) atoms. The Balaban J connectivity index is 1.14. The molecule has 2 aliphatic rings. The summed E-state index contributed by atoms with van der Waals surface area (Å²) in [5, 5.41) is 0. The van der Waals surface area contributed by atoms with Crippen LogP contribution in [0.4, 0.5) is 0 Å². The minimum absolute atomic E-state index is 0.324. The van der Waals surface area contributed by atoms with Crippen LogP contribution < -0.4 is 0 Å². The Hall–Kier alpha value is -3.27. The number of aryl methyl sites for hydroxylation is 1. The fourth-order valence-electron chi connectivity index (χ4n) is 7.01. The Labute approximate surface area is 269 Å². The van der Waals surface area contributed by atoms with Crippen LogP contribution in [0.15, 0.2) is 55.1 Å². The van der Waals surface area contributed by atoms with Crippen molar-refractivity contribution < 1.29 is 9.53 Å². The standard InChI is InChI=1S/C36H53N7O2/c1-5-45-34(44)11-10-30-8-6-9-31(24-30)25-42(26-32-37-15-16-38-32)27-33-39-17-23-43(33)19-7-18-40-20-12-36(29-40)13-21-41(22-14-36)28-35(2,3)4/h6,8-11,15-17,23-24H,5,7,12-14,18-22,25-29H2,1-4H3,(H,37,38). The third kappa shape index (κ3) is 10.1. The quantitative estimate of drug-likeness (QED) is 0.187. The third-order valence-electron chi connectivity index (χ3n) is 9.16. The van der Waals surface area contributed by atoms with Crippen LogP contribution in [0.3, 0.4) is 0 Å². The summed E-state index contributed by atoms with van der Waals surface area (Å²) in [4.78, 5) is 32.1. The molecule has 2 fully saturated rings. The van der Waals surface area contributed by atoms with Crippen LogP contribution in [0, 0.1) is 10.8 Å². The summed E-state index contributed by atoms with van der Waals surface area (Å²) in [6.45, 7) is 19.7. The number of aromatic amines is 1. The average Bonchev–Trinajstić information content (AvgIpc) is 3.76. The molecule has 9 heteroatoms. The van der Waals surface area contributed by atoms with Crippen molar-refractivity contribution in [1.82, 2.24) is 34.2 Å². The van der Waals surface area contributed by atoms with Crippen molar-refractivity contribution in [2.24, 2.45) is 10.8 Å². The lowest BCUT2D eigenvalue weighted by molar-refractivity contribution is -0.137. The number of likely N-dealkylation sites (tertiary alicyclic amines) is 2. The first kappa shape index (κ1) is 33.1. The molecule has 3 aromatic rings. The van der Waals surface area contributed by atoms with Crippen LogP contribution in [0.1, 0.15) is 76.2 Å². The van der Waals surface area contributed by atoms with E-state index in [2.05, 4.69) is 68.3 Å². The summed E-state index contributed by atoms with van der Waals surface area (Å²) in [6.07, 6.45) is 16.2. The molecule has 2 saturated heterocycles. The molecule has 9 nitrogen and oxygen atoms in total. The molecule has 5 rings (SSSR count). The molecule has 0 aliphatic carbocycles. The summed E-state index contributed by atoms with van der Waals surface area (Å²) in [7, 11) is 0. The van der Waals surface area contributed by atoms with E-state index in [0.717, 1.165) is 48.8 Å². The van der Waals surface area contributed by atoms with E-state index in [1.165, 1.54) is 58.1 Å².